The molecule has 1 atom stereocenters. The van der Waals surface area contributed by atoms with Crippen LogP contribution in [0, 0.1) is 0 Å². The van der Waals surface area contributed by atoms with E-state index in [1.54, 1.807) is 43.2 Å². The molecule has 0 fully saturated rings. The van der Waals surface area contributed by atoms with Gasteiger partial charge in [-0.3, -0.25) is 9.59 Å². The van der Waals surface area contributed by atoms with Crippen LogP contribution < -0.4 is 10.1 Å². The second-order valence-electron chi connectivity index (χ2n) is 7.69. The number of hydrogen-bond donors (Lipinski definition) is 1. The lowest BCUT2D eigenvalue weighted by atomic mass is 10.1. The maximum atomic E-state index is 13.3. The summed E-state index contributed by atoms with van der Waals surface area (Å²) in [5.41, 5.74) is 2.66. The minimum atomic E-state index is -0.667. The molecule has 1 N–H and O–H groups in total. The predicted molar refractivity (Wildman–Crippen MR) is 131 cm³/mol. The van der Waals surface area contributed by atoms with Gasteiger partial charge in [-0.2, -0.15) is 0 Å². The smallest absolute Gasteiger partial charge is 0.242 e. The van der Waals surface area contributed by atoms with Gasteiger partial charge in [0, 0.05) is 23.1 Å². The molecule has 0 radical (unpaired) electrons. The van der Waals surface area contributed by atoms with Crippen LogP contribution in [0.1, 0.15) is 23.6 Å². The van der Waals surface area contributed by atoms with Gasteiger partial charge in [0.05, 0.1) is 13.5 Å². The Morgan fingerprint density at radius 1 is 0.848 bits per heavy atom. The molecule has 0 aliphatic heterocycles. The maximum Gasteiger partial charge on any atom is 0.242 e. The van der Waals surface area contributed by atoms with Crippen molar-refractivity contribution in [3.05, 3.63) is 99.5 Å². The maximum absolute atomic E-state index is 13.3. The normalized spacial score (nSPS) is 11.5. The molecule has 0 saturated carbocycles. The SMILES string of the molecule is COc1ccc(CN(C(=O)Cc2ccc(Cl)cc2)[C@@H](C)C(=O)NCc2ccc(Cl)cc2)cc1. The molecule has 0 heterocycles. The van der Waals surface area contributed by atoms with Crippen molar-refractivity contribution in [2.45, 2.75) is 32.5 Å². The van der Waals surface area contributed by atoms with Crippen molar-refractivity contribution >= 4 is 35.0 Å². The van der Waals surface area contributed by atoms with E-state index >= 15 is 0 Å². The van der Waals surface area contributed by atoms with Crippen molar-refractivity contribution in [3.63, 3.8) is 0 Å². The highest BCUT2D eigenvalue weighted by Gasteiger charge is 2.26. The monoisotopic (exact) mass is 484 g/mol. The topological polar surface area (TPSA) is 58.6 Å². The van der Waals surface area contributed by atoms with Crippen molar-refractivity contribution in [1.29, 1.82) is 0 Å². The summed E-state index contributed by atoms with van der Waals surface area (Å²) in [4.78, 5) is 27.8. The fourth-order valence-electron chi connectivity index (χ4n) is 3.33. The van der Waals surface area contributed by atoms with Crippen LogP contribution in [0.15, 0.2) is 72.8 Å². The first-order chi connectivity index (χ1) is 15.9. The highest BCUT2D eigenvalue weighted by atomic mass is 35.5. The highest BCUT2D eigenvalue weighted by molar-refractivity contribution is 6.30. The van der Waals surface area contributed by atoms with E-state index < -0.39 is 6.04 Å². The average molecular weight is 485 g/mol. The van der Waals surface area contributed by atoms with Gasteiger partial charge < -0.3 is 15.0 Å². The molecule has 3 aromatic rings. The predicted octanol–water partition coefficient (Wildman–Crippen LogP) is 5.28. The number of hydrogen-bond acceptors (Lipinski definition) is 3. The number of benzene rings is 3. The molecule has 5 nitrogen and oxygen atoms in total. The summed E-state index contributed by atoms with van der Waals surface area (Å²) in [7, 11) is 1.60. The molecule has 0 saturated heterocycles. The molecule has 0 aliphatic rings. The molecule has 3 rings (SSSR count). The molecule has 172 valence electrons. The Labute approximate surface area is 204 Å². The average Bonchev–Trinajstić information content (AvgIpc) is 2.83. The third kappa shape index (κ3) is 7.24. The number of carbonyl (C=O) groups excluding carboxylic acids is 2. The zero-order chi connectivity index (χ0) is 23.8. The molecule has 0 aromatic heterocycles. The minimum absolute atomic E-state index is 0.151. The largest absolute Gasteiger partial charge is 0.497 e. The molecule has 0 spiro atoms. The fourth-order valence-corrected chi connectivity index (χ4v) is 3.58. The highest BCUT2D eigenvalue weighted by Crippen LogP contribution is 2.17. The van der Waals surface area contributed by atoms with Gasteiger partial charge in [0.1, 0.15) is 11.8 Å². The lowest BCUT2D eigenvalue weighted by Gasteiger charge is -2.29. The number of rotatable bonds is 9. The Hall–Kier alpha value is -3.02. The van der Waals surface area contributed by atoms with Crippen LogP contribution in [0.25, 0.3) is 0 Å². The Balaban J connectivity index is 1.74. The first kappa shape index (κ1) is 24.6. The van der Waals surface area contributed by atoms with Crippen molar-refractivity contribution < 1.29 is 14.3 Å². The summed E-state index contributed by atoms with van der Waals surface area (Å²) in [5.74, 6) is 0.344. The fraction of sp³-hybridized carbons (Fsp3) is 0.231. The van der Waals surface area contributed by atoms with E-state index in [2.05, 4.69) is 5.32 Å². The third-order valence-corrected chi connectivity index (χ3v) is 5.83. The number of halogens is 2. The van der Waals surface area contributed by atoms with E-state index in [-0.39, 0.29) is 18.2 Å². The van der Waals surface area contributed by atoms with Gasteiger partial charge in [-0.1, -0.05) is 59.6 Å². The Kier molecular flexibility index (Phi) is 8.75. The number of methoxy groups -OCH3 is 1. The first-order valence-electron chi connectivity index (χ1n) is 10.5. The van der Waals surface area contributed by atoms with E-state index in [0.717, 1.165) is 22.4 Å². The van der Waals surface area contributed by atoms with Crippen molar-refractivity contribution in [2.75, 3.05) is 7.11 Å². The van der Waals surface area contributed by atoms with Crippen LogP contribution in [-0.2, 0) is 29.1 Å². The van der Waals surface area contributed by atoms with E-state index in [0.29, 0.717) is 23.1 Å². The van der Waals surface area contributed by atoms with Gasteiger partial charge in [-0.25, -0.2) is 0 Å². The minimum Gasteiger partial charge on any atom is -0.497 e. The zero-order valence-electron chi connectivity index (χ0n) is 18.6. The first-order valence-corrected chi connectivity index (χ1v) is 11.3. The van der Waals surface area contributed by atoms with Crippen molar-refractivity contribution in [1.82, 2.24) is 10.2 Å². The Bertz CT molecular complexity index is 1070. The quantitative estimate of drug-likeness (QED) is 0.449. The molecule has 3 aromatic carbocycles. The van der Waals surface area contributed by atoms with Gasteiger partial charge >= 0.3 is 0 Å². The Morgan fingerprint density at radius 3 is 1.91 bits per heavy atom. The van der Waals surface area contributed by atoms with Crippen LogP contribution in [-0.4, -0.2) is 29.9 Å². The van der Waals surface area contributed by atoms with Gasteiger partial charge in [0.2, 0.25) is 11.8 Å². The molecular formula is C26H26Cl2N2O3. The number of ether oxygens (including phenoxy) is 1. The summed E-state index contributed by atoms with van der Waals surface area (Å²) in [6.45, 7) is 2.38. The van der Waals surface area contributed by atoms with Gasteiger partial charge in [-0.05, 0) is 60.0 Å². The number of carbonyl (C=O) groups is 2. The molecule has 0 aliphatic carbocycles. The van der Waals surface area contributed by atoms with Gasteiger partial charge in [0.15, 0.2) is 0 Å². The summed E-state index contributed by atoms with van der Waals surface area (Å²) >= 11 is 11.9. The Morgan fingerprint density at radius 2 is 1.36 bits per heavy atom. The lowest BCUT2D eigenvalue weighted by Crippen LogP contribution is -2.47. The molecule has 2 amide bonds. The number of nitrogens with one attached hydrogen (secondary N) is 1. The molecular weight excluding hydrogens is 459 g/mol. The molecule has 0 unspecified atom stereocenters. The standard InChI is InChI=1S/C26H26Cl2N2O3/c1-18(26(32)29-16-20-5-11-23(28)12-6-20)30(17-21-7-13-24(33-2)14-8-21)25(31)15-19-3-9-22(27)10-4-19/h3-14,18H,15-17H2,1-2H3,(H,29,32)/t18-/m0/s1. The van der Waals surface area contributed by atoms with E-state index in [9.17, 15) is 9.59 Å². The molecule has 7 heteroatoms. The summed E-state index contributed by atoms with van der Waals surface area (Å²) in [6.07, 6.45) is 0.169. The van der Waals surface area contributed by atoms with Crippen LogP contribution >= 0.6 is 23.2 Å². The number of amides is 2. The van der Waals surface area contributed by atoms with Crippen LogP contribution in [0.4, 0.5) is 0 Å². The summed E-state index contributed by atoms with van der Waals surface area (Å²) < 4.78 is 5.21. The summed E-state index contributed by atoms with van der Waals surface area (Å²) in [6, 6.07) is 21.2. The molecule has 33 heavy (non-hydrogen) atoms. The van der Waals surface area contributed by atoms with E-state index in [1.807, 2.05) is 48.5 Å². The summed E-state index contributed by atoms with van der Waals surface area (Å²) in [5, 5.41) is 4.16. The van der Waals surface area contributed by atoms with Crippen LogP contribution in [0.5, 0.6) is 5.75 Å². The number of nitrogens with zero attached hydrogens (tertiary/aromatic N) is 1. The van der Waals surface area contributed by atoms with Gasteiger partial charge in [-0.15, -0.1) is 0 Å². The second kappa shape index (κ2) is 11.7. The van der Waals surface area contributed by atoms with E-state index in [1.165, 1.54) is 0 Å². The van der Waals surface area contributed by atoms with Crippen LogP contribution in [0.2, 0.25) is 10.0 Å². The van der Waals surface area contributed by atoms with Crippen molar-refractivity contribution in [3.8, 4) is 5.75 Å². The zero-order valence-corrected chi connectivity index (χ0v) is 20.1. The second-order valence-corrected chi connectivity index (χ2v) is 8.57. The lowest BCUT2D eigenvalue weighted by molar-refractivity contribution is -0.140. The van der Waals surface area contributed by atoms with E-state index in [4.69, 9.17) is 27.9 Å². The van der Waals surface area contributed by atoms with Crippen LogP contribution in [0.3, 0.4) is 0 Å². The van der Waals surface area contributed by atoms with Gasteiger partial charge in [0.25, 0.3) is 0 Å². The molecule has 0 bridgehead atoms. The van der Waals surface area contributed by atoms with Crippen molar-refractivity contribution in [2.24, 2.45) is 0 Å². The third-order valence-electron chi connectivity index (χ3n) is 5.33.